The van der Waals surface area contributed by atoms with Gasteiger partial charge in [0.15, 0.2) is 0 Å². The van der Waals surface area contributed by atoms with E-state index in [1.165, 1.54) is 17.7 Å². The van der Waals surface area contributed by atoms with Gasteiger partial charge in [-0.05, 0) is 18.1 Å². The van der Waals surface area contributed by atoms with Crippen molar-refractivity contribution in [3.05, 3.63) is 29.8 Å². The largest absolute Gasteiger partial charge is 1.00 e. The van der Waals surface area contributed by atoms with Crippen molar-refractivity contribution in [2.75, 3.05) is 11.9 Å². The zero-order chi connectivity index (χ0) is 6.10. The van der Waals surface area contributed by atoms with E-state index in [1.54, 1.807) is 0 Å². The van der Waals surface area contributed by atoms with Crippen molar-refractivity contribution in [3.63, 3.8) is 0 Å². The van der Waals surface area contributed by atoms with E-state index in [4.69, 9.17) is 0 Å². The van der Waals surface area contributed by atoms with Gasteiger partial charge in [-0.3, -0.25) is 0 Å². The molecule has 0 aromatic heterocycles. The molecule has 11 heavy (non-hydrogen) atoms. The Morgan fingerprint density at radius 3 is 2.64 bits per heavy atom. The average molecular weight is 153 g/mol. The van der Waals surface area contributed by atoms with Gasteiger partial charge < -0.3 is 13.7 Å². The van der Waals surface area contributed by atoms with Crippen molar-refractivity contribution in [3.8, 4) is 0 Å². The Morgan fingerprint density at radius 2 is 1.91 bits per heavy atom. The molecule has 0 unspecified atom stereocenters. The van der Waals surface area contributed by atoms with Gasteiger partial charge in [0.25, 0.3) is 0 Å². The molecule has 0 saturated heterocycles. The van der Waals surface area contributed by atoms with Crippen LogP contribution in [0.3, 0.4) is 0 Å². The first kappa shape index (κ1) is 11.1. The molecule has 1 heterocycles. The van der Waals surface area contributed by atoms with Gasteiger partial charge in [-0.25, -0.2) is 0 Å². The van der Waals surface area contributed by atoms with Gasteiger partial charge >= 0.3 is 29.6 Å². The van der Waals surface area contributed by atoms with Gasteiger partial charge in [-0.15, -0.1) is 0 Å². The zero-order valence-electron chi connectivity index (χ0n) is 6.80. The van der Waals surface area contributed by atoms with Crippen LogP contribution in [-0.4, -0.2) is 15.0 Å². The number of para-hydroxylation sites is 1. The molecule has 0 saturated carbocycles. The van der Waals surface area contributed by atoms with Crippen LogP contribution in [0, 0.1) is 0 Å². The molecule has 50 valence electrons. The number of anilines is 1. The van der Waals surface area contributed by atoms with Crippen LogP contribution in [0.1, 0.15) is 5.56 Å². The second-order valence-corrected chi connectivity index (χ2v) is 2.33. The van der Waals surface area contributed by atoms with Crippen molar-refractivity contribution >= 4 is 14.1 Å². The molecule has 0 bridgehead atoms. The summed E-state index contributed by atoms with van der Waals surface area (Å²) in [6, 6.07) is 8.46. The summed E-state index contributed by atoms with van der Waals surface area (Å²) in [5.41, 5.74) is 2.77. The van der Waals surface area contributed by atoms with E-state index in [0.717, 1.165) is 6.54 Å². The summed E-state index contributed by atoms with van der Waals surface area (Å²) in [4.78, 5) is 0. The second kappa shape index (κ2) is 4.86. The molecule has 0 amide bonds. The van der Waals surface area contributed by atoms with E-state index in [-0.39, 0.29) is 38.0 Å². The molecule has 3 heteroatoms. The molecule has 1 aliphatic heterocycles. The third kappa shape index (κ3) is 2.26. The van der Waals surface area contributed by atoms with Crippen LogP contribution in [0.2, 0.25) is 0 Å². The van der Waals surface area contributed by atoms with Crippen LogP contribution in [0.15, 0.2) is 24.3 Å². The van der Waals surface area contributed by atoms with E-state index in [2.05, 4.69) is 29.6 Å². The maximum atomic E-state index is 3.30. The topological polar surface area (TPSA) is 12.0 Å². The summed E-state index contributed by atoms with van der Waals surface area (Å²) in [5.74, 6) is 0. The summed E-state index contributed by atoms with van der Waals surface area (Å²) >= 11 is 0. The molecule has 1 aromatic carbocycles. The first-order chi connectivity index (χ1) is 4.47. The van der Waals surface area contributed by atoms with Crippen molar-refractivity contribution in [1.82, 2.24) is 0 Å². The van der Waals surface area contributed by atoms with Gasteiger partial charge in [-0.2, -0.15) is 0 Å². The minimum atomic E-state index is 0. The van der Waals surface area contributed by atoms with Gasteiger partial charge in [-0.1, -0.05) is 18.2 Å². The maximum absolute atomic E-state index is 3.30. The van der Waals surface area contributed by atoms with Crippen LogP contribution in [-0.2, 0) is 6.42 Å². The molecule has 1 N–H and O–H groups in total. The Morgan fingerprint density at radius 1 is 1.18 bits per heavy atom. The summed E-state index contributed by atoms with van der Waals surface area (Å²) in [5, 5.41) is 3.30. The minimum absolute atomic E-state index is 0. The summed E-state index contributed by atoms with van der Waals surface area (Å²) in [6.07, 6.45) is 1.19. The quantitative estimate of drug-likeness (QED) is 0.437. The van der Waals surface area contributed by atoms with E-state index in [1.807, 2.05) is 0 Å². The SMILES string of the molecule is [B-].[Na+].c1ccc2c(c1)CCN2. The first-order valence-electron chi connectivity index (χ1n) is 3.28. The summed E-state index contributed by atoms with van der Waals surface area (Å²) in [6.45, 7) is 1.11. The fourth-order valence-electron chi connectivity index (χ4n) is 1.24. The van der Waals surface area contributed by atoms with E-state index < -0.39 is 0 Å². The van der Waals surface area contributed by atoms with Crippen LogP contribution < -0.4 is 34.9 Å². The number of rotatable bonds is 0. The number of nitrogens with one attached hydrogen (secondary N) is 1. The zero-order valence-corrected chi connectivity index (χ0v) is 8.80. The Kier molecular flexibility index (Phi) is 4.90. The maximum Gasteiger partial charge on any atom is 1.00 e. The fourth-order valence-corrected chi connectivity index (χ4v) is 1.24. The molecule has 0 spiro atoms. The van der Waals surface area contributed by atoms with Crippen molar-refractivity contribution < 1.29 is 29.6 Å². The Bertz CT molecular complexity index is 204. The normalized spacial score (nSPS) is 12.0. The minimum Gasteiger partial charge on any atom is -1.00 e. The van der Waals surface area contributed by atoms with Gasteiger partial charge in [0.05, 0.1) is 0 Å². The first-order valence-corrected chi connectivity index (χ1v) is 3.28. The molecule has 0 aliphatic carbocycles. The average Bonchev–Trinajstić information content (AvgIpc) is 2.33. The molecule has 1 aliphatic rings. The second-order valence-electron chi connectivity index (χ2n) is 2.33. The van der Waals surface area contributed by atoms with Crippen LogP contribution in [0.5, 0.6) is 0 Å². The van der Waals surface area contributed by atoms with E-state index >= 15 is 0 Å². The van der Waals surface area contributed by atoms with E-state index in [9.17, 15) is 0 Å². The van der Waals surface area contributed by atoms with Gasteiger partial charge in [0.1, 0.15) is 0 Å². The number of benzene rings is 1. The fraction of sp³-hybridized carbons (Fsp3) is 0.250. The third-order valence-electron chi connectivity index (χ3n) is 1.73. The smallest absolute Gasteiger partial charge is 1.00 e. The third-order valence-corrected chi connectivity index (χ3v) is 1.73. The number of hydrogen-bond donors (Lipinski definition) is 1. The summed E-state index contributed by atoms with van der Waals surface area (Å²) < 4.78 is 0. The molecule has 2 rings (SSSR count). The predicted molar refractivity (Wildman–Crippen MR) is 44.4 cm³/mol. The van der Waals surface area contributed by atoms with Crippen LogP contribution in [0.25, 0.3) is 0 Å². The van der Waals surface area contributed by atoms with Crippen LogP contribution in [0.4, 0.5) is 5.69 Å². The number of hydrogen-bond acceptors (Lipinski definition) is 1. The van der Waals surface area contributed by atoms with Crippen molar-refractivity contribution in [1.29, 1.82) is 0 Å². The molecular formula is C8H9BNNa. The molecule has 0 atom stereocenters. The molecule has 0 fully saturated rings. The predicted octanol–water partition coefficient (Wildman–Crippen LogP) is -1.72. The Balaban J connectivity index is 0.000000500. The van der Waals surface area contributed by atoms with Gasteiger partial charge in [0, 0.05) is 12.2 Å². The van der Waals surface area contributed by atoms with Crippen LogP contribution >= 0.6 is 0 Å². The number of fused-ring (bicyclic) bond motifs is 1. The molecule has 1 nitrogen and oxygen atoms in total. The Labute approximate surface area is 91.4 Å². The summed E-state index contributed by atoms with van der Waals surface area (Å²) in [7, 11) is 0. The van der Waals surface area contributed by atoms with E-state index in [0.29, 0.717) is 0 Å². The van der Waals surface area contributed by atoms with Gasteiger partial charge in [0.2, 0.25) is 0 Å². The molecular weight excluding hydrogens is 144 g/mol. The Hall–Kier alpha value is 0.0849. The standard InChI is InChI=1S/C8H9N.B.Na/c1-2-4-8-7(3-1)5-6-9-8;;/h1-4,9H,5-6H2;;/q;-1;+1. The molecule has 4 radical (unpaired) electrons. The molecule has 1 aromatic rings. The van der Waals surface area contributed by atoms with Crippen molar-refractivity contribution in [2.45, 2.75) is 6.42 Å². The monoisotopic (exact) mass is 153 g/mol. The van der Waals surface area contributed by atoms with Crippen molar-refractivity contribution in [2.24, 2.45) is 0 Å².